The number of carbonyl (C=O) groups excluding carboxylic acids is 1. The van der Waals surface area contributed by atoms with Crippen LogP contribution >= 0.6 is 0 Å². The van der Waals surface area contributed by atoms with Crippen molar-refractivity contribution in [2.75, 3.05) is 19.6 Å². The summed E-state index contributed by atoms with van der Waals surface area (Å²) >= 11 is 0. The van der Waals surface area contributed by atoms with Crippen molar-refractivity contribution >= 4 is 6.03 Å². The lowest BCUT2D eigenvalue weighted by Crippen LogP contribution is -2.54. The van der Waals surface area contributed by atoms with Gasteiger partial charge in [-0.05, 0) is 23.8 Å². The molecular weight excluding hydrogens is 305 g/mol. The molecule has 1 heterocycles. The first-order chi connectivity index (χ1) is 10.7. The lowest BCUT2D eigenvalue weighted by molar-refractivity contribution is -0.214. The van der Waals surface area contributed by atoms with Crippen LogP contribution in [0.3, 0.4) is 0 Å². The second kappa shape index (κ2) is 6.81. The maximum Gasteiger partial charge on any atom is 0.392 e. The molecule has 0 spiro atoms. The van der Waals surface area contributed by atoms with Crippen molar-refractivity contribution in [1.29, 1.82) is 0 Å². The molecule has 1 saturated heterocycles. The highest BCUT2D eigenvalue weighted by Gasteiger charge is 2.51. The molecule has 2 amide bonds. The summed E-state index contributed by atoms with van der Waals surface area (Å²) in [5, 5.41) is 2.80. The standard InChI is InChI=1S/C17H23F3N2O/c1-16(2)12-22(11-9-14(16)17(18,19)20)15(23)21-10-8-13-6-4-3-5-7-13/h3-7,14H,8-12H2,1-2H3,(H,21,23)/t14-/m0/s1. The van der Waals surface area contributed by atoms with E-state index in [1.165, 1.54) is 4.90 Å². The lowest BCUT2D eigenvalue weighted by atomic mass is 9.73. The minimum absolute atomic E-state index is 0.0391. The molecule has 1 aliphatic rings. The molecular formula is C17H23F3N2O. The summed E-state index contributed by atoms with van der Waals surface area (Å²) in [5.74, 6) is -1.36. The van der Waals surface area contributed by atoms with Gasteiger partial charge in [-0.1, -0.05) is 44.2 Å². The maximum absolute atomic E-state index is 13.0. The zero-order valence-corrected chi connectivity index (χ0v) is 13.5. The Morgan fingerprint density at radius 3 is 2.52 bits per heavy atom. The summed E-state index contributed by atoms with van der Waals surface area (Å²) in [4.78, 5) is 13.7. The smallest absolute Gasteiger partial charge is 0.338 e. The summed E-state index contributed by atoms with van der Waals surface area (Å²) < 4.78 is 39.1. The van der Waals surface area contributed by atoms with E-state index in [1.807, 2.05) is 30.3 Å². The third-order valence-corrected chi connectivity index (χ3v) is 4.44. The molecule has 1 aliphatic heterocycles. The van der Waals surface area contributed by atoms with Crippen LogP contribution in [0.25, 0.3) is 0 Å². The normalized spacial score (nSPS) is 21.1. The van der Waals surface area contributed by atoms with Crippen molar-refractivity contribution < 1.29 is 18.0 Å². The van der Waals surface area contributed by atoms with E-state index in [2.05, 4.69) is 5.32 Å². The fourth-order valence-corrected chi connectivity index (χ4v) is 3.21. The van der Waals surface area contributed by atoms with Crippen molar-refractivity contribution in [1.82, 2.24) is 10.2 Å². The Morgan fingerprint density at radius 1 is 1.30 bits per heavy atom. The molecule has 128 valence electrons. The molecule has 0 saturated carbocycles. The largest absolute Gasteiger partial charge is 0.392 e. The van der Waals surface area contributed by atoms with Gasteiger partial charge in [0.25, 0.3) is 0 Å². The monoisotopic (exact) mass is 328 g/mol. The molecule has 1 fully saturated rings. The van der Waals surface area contributed by atoms with Crippen LogP contribution in [0.5, 0.6) is 0 Å². The Balaban J connectivity index is 1.85. The van der Waals surface area contributed by atoms with Crippen molar-refractivity contribution in [2.24, 2.45) is 11.3 Å². The second-order valence-corrected chi connectivity index (χ2v) is 6.76. The summed E-state index contributed by atoms with van der Waals surface area (Å²) in [5.41, 5.74) is 0.150. The quantitative estimate of drug-likeness (QED) is 0.898. The number of rotatable bonds is 3. The second-order valence-electron chi connectivity index (χ2n) is 6.76. The summed E-state index contributed by atoms with van der Waals surface area (Å²) in [6.07, 6.45) is -3.54. The van der Waals surface area contributed by atoms with Crippen molar-refractivity contribution in [2.45, 2.75) is 32.9 Å². The zero-order chi connectivity index (χ0) is 17.1. The highest BCUT2D eigenvalue weighted by atomic mass is 19.4. The number of likely N-dealkylation sites (tertiary alicyclic amines) is 1. The van der Waals surface area contributed by atoms with Gasteiger partial charge in [-0.15, -0.1) is 0 Å². The summed E-state index contributed by atoms with van der Waals surface area (Å²) in [7, 11) is 0. The number of carbonyl (C=O) groups is 1. The minimum atomic E-state index is -4.21. The number of benzene rings is 1. The Labute approximate surface area is 134 Å². The first kappa shape index (κ1) is 17.6. The summed E-state index contributed by atoms with van der Waals surface area (Å²) in [6, 6.07) is 9.46. The average molecular weight is 328 g/mol. The van der Waals surface area contributed by atoms with Gasteiger partial charge in [0, 0.05) is 19.6 Å². The Bertz CT molecular complexity index is 528. The van der Waals surface area contributed by atoms with E-state index in [1.54, 1.807) is 13.8 Å². The van der Waals surface area contributed by atoms with E-state index in [-0.39, 0.29) is 25.5 Å². The Morgan fingerprint density at radius 2 is 1.96 bits per heavy atom. The molecule has 1 aromatic carbocycles. The van der Waals surface area contributed by atoms with E-state index in [4.69, 9.17) is 0 Å². The van der Waals surface area contributed by atoms with Gasteiger partial charge in [-0.3, -0.25) is 0 Å². The van der Waals surface area contributed by atoms with Crippen LogP contribution in [0.15, 0.2) is 30.3 Å². The minimum Gasteiger partial charge on any atom is -0.338 e. The fraction of sp³-hybridized carbons (Fsp3) is 0.588. The first-order valence-electron chi connectivity index (χ1n) is 7.83. The van der Waals surface area contributed by atoms with Gasteiger partial charge in [0.05, 0.1) is 5.92 Å². The highest BCUT2D eigenvalue weighted by molar-refractivity contribution is 5.74. The molecule has 3 nitrogen and oxygen atoms in total. The van der Waals surface area contributed by atoms with Gasteiger partial charge >= 0.3 is 12.2 Å². The van der Waals surface area contributed by atoms with E-state index in [0.29, 0.717) is 13.0 Å². The maximum atomic E-state index is 13.0. The van der Waals surface area contributed by atoms with Crippen molar-refractivity contribution in [3.63, 3.8) is 0 Å². The van der Waals surface area contributed by atoms with Crippen LogP contribution in [0.2, 0.25) is 0 Å². The molecule has 2 rings (SSSR count). The highest BCUT2D eigenvalue weighted by Crippen LogP contribution is 2.44. The molecule has 0 aliphatic carbocycles. The number of urea groups is 1. The number of hydrogen-bond acceptors (Lipinski definition) is 1. The molecule has 1 atom stereocenters. The number of amides is 2. The molecule has 0 unspecified atom stereocenters. The number of nitrogens with one attached hydrogen (secondary N) is 1. The summed E-state index contributed by atoms with van der Waals surface area (Å²) in [6.45, 7) is 3.89. The third-order valence-electron chi connectivity index (χ3n) is 4.44. The molecule has 0 radical (unpaired) electrons. The Kier molecular flexibility index (Phi) is 5.22. The predicted molar refractivity (Wildman–Crippen MR) is 83.1 cm³/mol. The molecule has 23 heavy (non-hydrogen) atoms. The van der Waals surface area contributed by atoms with Crippen LogP contribution in [0.4, 0.5) is 18.0 Å². The van der Waals surface area contributed by atoms with Gasteiger partial charge in [-0.2, -0.15) is 13.2 Å². The Hall–Kier alpha value is -1.72. The zero-order valence-electron chi connectivity index (χ0n) is 13.5. The molecule has 1 N–H and O–H groups in total. The number of halogens is 3. The fourth-order valence-electron chi connectivity index (χ4n) is 3.21. The number of nitrogens with zero attached hydrogens (tertiary/aromatic N) is 1. The van der Waals surface area contributed by atoms with E-state index in [9.17, 15) is 18.0 Å². The predicted octanol–water partition coefficient (Wildman–Crippen LogP) is 3.85. The SMILES string of the molecule is CC1(C)CN(C(=O)NCCc2ccccc2)CC[C@@H]1C(F)(F)F. The topological polar surface area (TPSA) is 32.3 Å². The van der Waals surface area contributed by atoms with E-state index < -0.39 is 17.5 Å². The molecule has 0 bridgehead atoms. The van der Waals surface area contributed by atoms with Crippen LogP contribution in [0.1, 0.15) is 25.8 Å². The van der Waals surface area contributed by atoms with Crippen LogP contribution in [-0.2, 0) is 6.42 Å². The molecule has 6 heteroatoms. The van der Waals surface area contributed by atoms with Crippen LogP contribution in [0, 0.1) is 11.3 Å². The number of alkyl halides is 3. The van der Waals surface area contributed by atoms with Crippen LogP contribution < -0.4 is 5.32 Å². The van der Waals surface area contributed by atoms with Gasteiger partial charge in [0.2, 0.25) is 0 Å². The van der Waals surface area contributed by atoms with Gasteiger partial charge < -0.3 is 10.2 Å². The number of hydrogen-bond donors (Lipinski definition) is 1. The average Bonchev–Trinajstić information content (AvgIpc) is 2.45. The van der Waals surface area contributed by atoms with Gasteiger partial charge in [-0.25, -0.2) is 4.79 Å². The lowest BCUT2D eigenvalue weighted by Gasteiger charge is -2.44. The molecule has 1 aromatic rings. The van der Waals surface area contributed by atoms with Crippen molar-refractivity contribution in [3.8, 4) is 0 Å². The van der Waals surface area contributed by atoms with E-state index in [0.717, 1.165) is 5.56 Å². The van der Waals surface area contributed by atoms with Crippen LogP contribution in [-0.4, -0.2) is 36.7 Å². The first-order valence-corrected chi connectivity index (χ1v) is 7.83. The molecule has 0 aromatic heterocycles. The van der Waals surface area contributed by atoms with Gasteiger partial charge in [0.1, 0.15) is 0 Å². The van der Waals surface area contributed by atoms with Gasteiger partial charge in [0.15, 0.2) is 0 Å². The third kappa shape index (κ3) is 4.62. The van der Waals surface area contributed by atoms with Crippen molar-refractivity contribution in [3.05, 3.63) is 35.9 Å². The number of piperidine rings is 1. The van der Waals surface area contributed by atoms with E-state index >= 15 is 0 Å².